The fourth-order valence-electron chi connectivity index (χ4n) is 2.28. The van der Waals surface area contributed by atoms with Crippen LogP contribution in [0.3, 0.4) is 0 Å². The van der Waals surface area contributed by atoms with Crippen LogP contribution in [0, 0.1) is 32.9 Å². The molecule has 0 N–H and O–H groups in total. The Balaban J connectivity index is 2.82. The molecule has 0 aliphatic rings. The minimum atomic E-state index is -3.93. The van der Waals surface area contributed by atoms with Gasteiger partial charge in [0, 0.05) is 13.0 Å². The van der Waals surface area contributed by atoms with E-state index >= 15 is 0 Å². The Morgan fingerprint density at radius 2 is 1.71 bits per heavy atom. The Morgan fingerprint density at radius 3 is 2.29 bits per heavy atom. The van der Waals surface area contributed by atoms with Crippen LogP contribution in [0.15, 0.2) is 34.2 Å². The largest absolute Gasteiger partial charge is 0.618 e. The summed E-state index contributed by atoms with van der Waals surface area (Å²) in [5, 5.41) is 12.2. The van der Waals surface area contributed by atoms with Crippen LogP contribution < -0.4 is 4.73 Å². The molecule has 0 aliphatic carbocycles. The van der Waals surface area contributed by atoms with Gasteiger partial charge in [-0.25, -0.2) is 8.42 Å². The van der Waals surface area contributed by atoms with Crippen LogP contribution in [-0.4, -0.2) is 8.42 Å². The van der Waals surface area contributed by atoms with E-state index in [1.54, 1.807) is 19.1 Å². The second-order valence-corrected chi connectivity index (χ2v) is 7.37. The molecule has 0 unspecified atom stereocenters. The van der Waals surface area contributed by atoms with Crippen LogP contribution in [0.2, 0.25) is 5.02 Å². The van der Waals surface area contributed by atoms with Gasteiger partial charge in [0.15, 0.2) is 5.69 Å². The third-order valence-electron chi connectivity index (χ3n) is 3.39. The maximum absolute atomic E-state index is 12.8. The summed E-state index contributed by atoms with van der Waals surface area (Å²) in [6.45, 7) is 6.65. The van der Waals surface area contributed by atoms with Gasteiger partial charge in [0.25, 0.3) is 9.84 Å². The fraction of sp³-hybridized carbons (Fsp3) is 0.267. The molecule has 21 heavy (non-hydrogen) atoms. The smallest absolute Gasteiger partial charge is 0.318 e. The van der Waals surface area contributed by atoms with Gasteiger partial charge in [-0.3, -0.25) is 0 Å². The second-order valence-electron chi connectivity index (χ2n) is 5.13. The summed E-state index contributed by atoms with van der Waals surface area (Å²) < 4.78 is 26.1. The van der Waals surface area contributed by atoms with Crippen LogP contribution in [0.25, 0.3) is 0 Å². The van der Waals surface area contributed by atoms with E-state index in [4.69, 9.17) is 11.6 Å². The highest BCUT2D eigenvalue weighted by molar-refractivity contribution is 7.91. The highest BCUT2D eigenvalue weighted by Gasteiger charge is 2.32. The molecule has 2 rings (SSSR count). The number of hydrogen-bond acceptors (Lipinski definition) is 3. The lowest BCUT2D eigenvalue weighted by Gasteiger charge is -2.13. The molecular weight excluding hydrogens is 310 g/mol. The number of halogens is 1. The molecule has 0 bridgehead atoms. The summed E-state index contributed by atoms with van der Waals surface area (Å²) in [6.07, 6.45) is 0. The number of benzene rings is 1. The first-order valence-corrected chi connectivity index (χ1v) is 8.24. The Morgan fingerprint density at radius 1 is 1.10 bits per heavy atom. The molecule has 6 heteroatoms. The first-order chi connectivity index (χ1) is 9.66. The van der Waals surface area contributed by atoms with Crippen LogP contribution in [-0.2, 0) is 9.84 Å². The molecule has 0 saturated heterocycles. The zero-order chi connectivity index (χ0) is 15.9. The molecule has 1 aromatic heterocycles. The maximum Gasteiger partial charge on any atom is 0.318 e. The van der Waals surface area contributed by atoms with Gasteiger partial charge in [-0.2, -0.15) is 4.73 Å². The minimum Gasteiger partial charge on any atom is -0.618 e. The molecule has 0 radical (unpaired) electrons. The summed E-state index contributed by atoms with van der Waals surface area (Å²) in [4.78, 5) is 0.127. The molecule has 0 saturated carbocycles. The van der Waals surface area contributed by atoms with Crippen molar-refractivity contribution in [1.29, 1.82) is 0 Å². The zero-order valence-corrected chi connectivity index (χ0v) is 13.8. The van der Waals surface area contributed by atoms with Gasteiger partial charge in [-0.15, -0.1) is 0 Å². The monoisotopic (exact) mass is 325 g/mol. The number of sulfone groups is 1. The Hall–Kier alpha value is -1.59. The maximum atomic E-state index is 12.8. The minimum absolute atomic E-state index is 0.127. The van der Waals surface area contributed by atoms with Gasteiger partial charge in [0.2, 0.25) is 0 Å². The molecule has 112 valence electrons. The van der Waals surface area contributed by atoms with Crippen molar-refractivity contribution in [3.63, 3.8) is 0 Å². The first-order valence-electron chi connectivity index (χ1n) is 6.38. The van der Waals surface area contributed by atoms with Gasteiger partial charge < -0.3 is 5.21 Å². The molecule has 1 aromatic carbocycles. The lowest BCUT2D eigenvalue weighted by molar-refractivity contribution is -0.653. The molecule has 0 fully saturated rings. The number of aryl methyl sites for hydroxylation is 3. The molecule has 0 amide bonds. The van der Waals surface area contributed by atoms with Crippen molar-refractivity contribution in [1.82, 2.24) is 0 Å². The lowest BCUT2D eigenvalue weighted by Crippen LogP contribution is -2.38. The summed E-state index contributed by atoms with van der Waals surface area (Å²) >= 11 is 6.03. The van der Waals surface area contributed by atoms with Gasteiger partial charge >= 0.3 is 5.03 Å². The summed E-state index contributed by atoms with van der Waals surface area (Å²) in [5.41, 5.74) is 2.07. The number of rotatable bonds is 2. The average Bonchev–Trinajstić information content (AvgIpc) is 2.36. The van der Waals surface area contributed by atoms with Crippen molar-refractivity contribution in [2.75, 3.05) is 0 Å². The molecule has 0 aliphatic heterocycles. The third kappa shape index (κ3) is 2.63. The normalized spacial score (nSPS) is 11.7. The van der Waals surface area contributed by atoms with Crippen molar-refractivity contribution >= 4 is 21.4 Å². The van der Waals surface area contributed by atoms with Crippen LogP contribution in [0.4, 0.5) is 0 Å². The summed E-state index contributed by atoms with van der Waals surface area (Å²) in [5.74, 6) is 0. The Labute approximate surface area is 129 Å². The predicted octanol–water partition coefficient (Wildman–Crippen LogP) is 3.04. The second kappa shape index (κ2) is 5.31. The van der Waals surface area contributed by atoms with Crippen LogP contribution in [0.1, 0.15) is 22.4 Å². The molecule has 0 atom stereocenters. The SMILES string of the molecule is Cc1ccc(S(=O)(=O)c2c(C)c(Cl)cc(C)[n+]2[O-])c(C)c1. The third-order valence-corrected chi connectivity index (χ3v) is 5.80. The first kappa shape index (κ1) is 15.8. The summed E-state index contributed by atoms with van der Waals surface area (Å²) in [7, 11) is -3.93. The van der Waals surface area contributed by atoms with E-state index in [1.807, 2.05) is 6.92 Å². The molecule has 4 nitrogen and oxygen atoms in total. The van der Waals surface area contributed by atoms with Gasteiger partial charge in [-0.05, 0) is 32.4 Å². The average molecular weight is 326 g/mol. The van der Waals surface area contributed by atoms with E-state index in [1.165, 1.54) is 26.0 Å². The van der Waals surface area contributed by atoms with Crippen molar-refractivity contribution in [2.24, 2.45) is 0 Å². The quantitative estimate of drug-likeness (QED) is 0.630. The lowest BCUT2D eigenvalue weighted by atomic mass is 10.2. The van der Waals surface area contributed by atoms with Crippen molar-refractivity contribution < 1.29 is 13.1 Å². The van der Waals surface area contributed by atoms with Crippen molar-refractivity contribution in [2.45, 2.75) is 37.6 Å². The van der Waals surface area contributed by atoms with E-state index in [-0.39, 0.29) is 26.2 Å². The Kier molecular flexibility index (Phi) is 4.00. The molecule has 1 heterocycles. The van der Waals surface area contributed by atoms with E-state index in [9.17, 15) is 13.6 Å². The van der Waals surface area contributed by atoms with E-state index in [0.717, 1.165) is 5.56 Å². The topological polar surface area (TPSA) is 61.1 Å². The Bertz CT molecular complexity index is 803. The van der Waals surface area contributed by atoms with E-state index < -0.39 is 9.84 Å². The molecule has 0 spiro atoms. The fourth-order valence-corrected chi connectivity index (χ4v) is 4.40. The van der Waals surface area contributed by atoms with E-state index in [2.05, 4.69) is 0 Å². The molecular formula is C15H16ClNO3S. The number of aromatic nitrogens is 1. The van der Waals surface area contributed by atoms with Crippen molar-refractivity contribution in [3.05, 3.63) is 56.9 Å². The summed E-state index contributed by atoms with van der Waals surface area (Å²) in [6, 6.07) is 6.47. The van der Waals surface area contributed by atoms with Gasteiger partial charge in [0.1, 0.15) is 0 Å². The predicted molar refractivity (Wildman–Crippen MR) is 81.3 cm³/mol. The van der Waals surface area contributed by atoms with Gasteiger partial charge in [0.05, 0.1) is 15.5 Å². The molecule has 2 aromatic rings. The number of pyridine rings is 1. The number of hydrogen-bond donors (Lipinski definition) is 0. The standard InChI is InChI=1S/C15H16ClNO3S/c1-9-5-6-14(10(2)7-9)21(19,20)15-12(4)13(16)8-11(3)17(15)18/h5-8H,1-4H3. The van der Waals surface area contributed by atoms with E-state index in [0.29, 0.717) is 10.3 Å². The highest BCUT2D eigenvalue weighted by Crippen LogP contribution is 2.28. The highest BCUT2D eigenvalue weighted by atomic mass is 35.5. The number of nitrogens with zero attached hydrogens (tertiary/aromatic N) is 1. The van der Waals surface area contributed by atoms with Crippen LogP contribution in [0.5, 0.6) is 0 Å². The van der Waals surface area contributed by atoms with Crippen LogP contribution >= 0.6 is 11.6 Å². The van der Waals surface area contributed by atoms with Crippen molar-refractivity contribution in [3.8, 4) is 0 Å². The zero-order valence-electron chi connectivity index (χ0n) is 12.3. The van der Waals surface area contributed by atoms with Gasteiger partial charge in [-0.1, -0.05) is 29.3 Å².